The Morgan fingerprint density at radius 1 is 1.23 bits per heavy atom. The molecule has 0 spiro atoms. The molecule has 1 heterocycles. The molecule has 6 nitrogen and oxygen atoms in total. The Morgan fingerprint density at radius 3 is 2.41 bits per heavy atom. The highest BCUT2D eigenvalue weighted by Crippen LogP contribution is 2.21. The maximum atomic E-state index is 12.0. The minimum absolute atomic E-state index is 0.108. The molecule has 0 aliphatic carbocycles. The zero-order valence-electron chi connectivity index (χ0n) is 13.0. The molecule has 1 atom stereocenters. The molecule has 6 heteroatoms. The molecule has 1 saturated heterocycles. The summed E-state index contributed by atoms with van der Waals surface area (Å²) in [6.45, 7) is 6.55. The number of amides is 1. The van der Waals surface area contributed by atoms with Gasteiger partial charge >= 0.3 is 12.1 Å². The lowest BCUT2D eigenvalue weighted by atomic mass is 10.2. The number of aromatic carboxylic acids is 1. The molecule has 0 unspecified atom stereocenters. The molecule has 1 aromatic rings. The van der Waals surface area contributed by atoms with E-state index in [4.69, 9.17) is 14.6 Å². The molecule has 2 rings (SSSR count). The first-order valence-corrected chi connectivity index (χ1v) is 7.22. The molecule has 1 fully saturated rings. The lowest BCUT2D eigenvalue weighted by Gasteiger charge is -2.24. The summed E-state index contributed by atoms with van der Waals surface area (Å²) < 4.78 is 11.1. The van der Waals surface area contributed by atoms with Gasteiger partial charge in [-0.3, -0.25) is 0 Å². The standard InChI is InChI=1S/C16H21NO5/c1-16(2,3)22-15(20)17-9-8-13(10-17)21-12-6-4-11(5-7-12)14(18)19/h4-7,13H,8-10H2,1-3H3,(H,18,19)/t13-/m0/s1. The van der Waals surface area contributed by atoms with Crippen LogP contribution in [-0.4, -0.2) is 46.9 Å². The zero-order valence-corrected chi connectivity index (χ0v) is 13.0. The number of hydrogen-bond donors (Lipinski definition) is 1. The monoisotopic (exact) mass is 307 g/mol. The largest absolute Gasteiger partial charge is 0.489 e. The fraction of sp³-hybridized carbons (Fsp3) is 0.500. The maximum Gasteiger partial charge on any atom is 0.410 e. The summed E-state index contributed by atoms with van der Waals surface area (Å²) in [5.74, 6) is -0.371. The second-order valence-electron chi connectivity index (χ2n) is 6.28. The molecule has 0 aromatic heterocycles. The van der Waals surface area contributed by atoms with E-state index in [0.717, 1.165) is 6.42 Å². The van der Waals surface area contributed by atoms with Crippen LogP contribution in [0.5, 0.6) is 5.75 Å². The smallest absolute Gasteiger partial charge is 0.410 e. The first-order chi connectivity index (χ1) is 10.2. The Morgan fingerprint density at radius 2 is 1.86 bits per heavy atom. The molecular weight excluding hydrogens is 286 g/mol. The summed E-state index contributed by atoms with van der Waals surface area (Å²) in [6, 6.07) is 6.25. The molecule has 1 N–H and O–H groups in total. The topological polar surface area (TPSA) is 76.1 Å². The molecule has 1 aliphatic rings. The second kappa shape index (κ2) is 6.25. The minimum Gasteiger partial charge on any atom is -0.489 e. The molecule has 0 radical (unpaired) electrons. The average molecular weight is 307 g/mol. The van der Waals surface area contributed by atoms with Crippen molar-refractivity contribution in [2.24, 2.45) is 0 Å². The fourth-order valence-electron chi connectivity index (χ4n) is 2.19. The fourth-order valence-corrected chi connectivity index (χ4v) is 2.19. The molecular formula is C16H21NO5. The van der Waals surface area contributed by atoms with Gasteiger partial charge in [0.05, 0.1) is 12.1 Å². The van der Waals surface area contributed by atoms with Crippen molar-refractivity contribution in [2.75, 3.05) is 13.1 Å². The summed E-state index contributed by atoms with van der Waals surface area (Å²) in [5, 5.41) is 8.85. The third kappa shape index (κ3) is 4.38. The first kappa shape index (κ1) is 16.1. The molecule has 0 bridgehead atoms. The number of rotatable bonds is 3. The average Bonchev–Trinajstić information content (AvgIpc) is 2.86. The predicted molar refractivity (Wildman–Crippen MR) is 80.2 cm³/mol. The Labute approximate surface area is 129 Å². The third-order valence-electron chi connectivity index (χ3n) is 3.20. The van der Waals surface area contributed by atoms with E-state index in [1.165, 1.54) is 12.1 Å². The van der Waals surface area contributed by atoms with Crippen molar-refractivity contribution >= 4 is 12.1 Å². The lowest BCUT2D eigenvalue weighted by molar-refractivity contribution is 0.0275. The van der Waals surface area contributed by atoms with E-state index in [1.54, 1.807) is 17.0 Å². The van der Waals surface area contributed by atoms with Crippen LogP contribution in [0.2, 0.25) is 0 Å². The van der Waals surface area contributed by atoms with Crippen molar-refractivity contribution < 1.29 is 24.2 Å². The van der Waals surface area contributed by atoms with Crippen LogP contribution in [0.1, 0.15) is 37.6 Å². The van der Waals surface area contributed by atoms with Gasteiger partial charge in [0.1, 0.15) is 17.5 Å². The van der Waals surface area contributed by atoms with E-state index < -0.39 is 11.6 Å². The predicted octanol–water partition coefficient (Wildman–Crippen LogP) is 2.77. The van der Waals surface area contributed by atoms with Gasteiger partial charge in [-0.15, -0.1) is 0 Å². The lowest BCUT2D eigenvalue weighted by Crippen LogP contribution is -2.36. The van der Waals surface area contributed by atoms with E-state index in [9.17, 15) is 9.59 Å². The highest BCUT2D eigenvalue weighted by Gasteiger charge is 2.30. The van der Waals surface area contributed by atoms with E-state index in [2.05, 4.69) is 0 Å². The first-order valence-electron chi connectivity index (χ1n) is 7.22. The zero-order chi connectivity index (χ0) is 16.3. The van der Waals surface area contributed by atoms with E-state index in [-0.39, 0.29) is 17.8 Å². The summed E-state index contributed by atoms with van der Waals surface area (Å²) >= 11 is 0. The van der Waals surface area contributed by atoms with Crippen LogP contribution in [0.15, 0.2) is 24.3 Å². The highest BCUT2D eigenvalue weighted by atomic mass is 16.6. The van der Waals surface area contributed by atoms with Gasteiger partial charge in [0.2, 0.25) is 0 Å². The van der Waals surface area contributed by atoms with Crippen molar-refractivity contribution in [1.82, 2.24) is 4.90 Å². The third-order valence-corrected chi connectivity index (χ3v) is 3.20. The summed E-state index contributed by atoms with van der Waals surface area (Å²) in [5.41, 5.74) is -0.294. The van der Waals surface area contributed by atoms with Crippen LogP contribution >= 0.6 is 0 Å². The number of hydrogen-bond acceptors (Lipinski definition) is 4. The van der Waals surface area contributed by atoms with Crippen molar-refractivity contribution in [3.05, 3.63) is 29.8 Å². The molecule has 1 aliphatic heterocycles. The Bertz CT molecular complexity index is 547. The normalized spacial score (nSPS) is 18.1. The van der Waals surface area contributed by atoms with E-state index in [0.29, 0.717) is 18.8 Å². The second-order valence-corrected chi connectivity index (χ2v) is 6.28. The van der Waals surface area contributed by atoms with Crippen LogP contribution in [0, 0.1) is 0 Å². The number of benzene rings is 1. The quantitative estimate of drug-likeness (QED) is 0.929. The molecule has 0 saturated carbocycles. The van der Waals surface area contributed by atoms with Gasteiger partial charge < -0.3 is 19.5 Å². The van der Waals surface area contributed by atoms with Crippen LogP contribution in [0.25, 0.3) is 0 Å². The summed E-state index contributed by atoms with van der Waals surface area (Å²) in [6.07, 6.45) is 0.281. The van der Waals surface area contributed by atoms with E-state index in [1.807, 2.05) is 20.8 Å². The molecule has 1 aromatic carbocycles. The number of carboxylic acid groups (broad SMARTS) is 1. The van der Waals surface area contributed by atoms with Crippen LogP contribution < -0.4 is 4.74 Å². The SMILES string of the molecule is CC(C)(C)OC(=O)N1CC[C@H](Oc2ccc(C(=O)O)cc2)C1. The number of ether oxygens (including phenoxy) is 2. The summed E-state index contributed by atoms with van der Waals surface area (Å²) in [7, 11) is 0. The Kier molecular flexibility index (Phi) is 4.59. The van der Waals surface area contributed by atoms with Gasteiger partial charge in [-0.1, -0.05) is 0 Å². The van der Waals surface area contributed by atoms with Crippen molar-refractivity contribution in [3.8, 4) is 5.75 Å². The number of carbonyl (C=O) groups is 2. The van der Waals surface area contributed by atoms with Crippen LogP contribution in [-0.2, 0) is 4.74 Å². The van der Waals surface area contributed by atoms with Gasteiger partial charge in [-0.25, -0.2) is 9.59 Å². The van der Waals surface area contributed by atoms with Crippen LogP contribution in [0.4, 0.5) is 4.79 Å². The maximum absolute atomic E-state index is 12.0. The number of nitrogens with zero attached hydrogens (tertiary/aromatic N) is 1. The molecule has 1 amide bonds. The summed E-state index contributed by atoms with van der Waals surface area (Å²) in [4.78, 5) is 24.4. The molecule has 22 heavy (non-hydrogen) atoms. The van der Waals surface area contributed by atoms with Gasteiger partial charge in [0.15, 0.2) is 0 Å². The Hall–Kier alpha value is -2.24. The van der Waals surface area contributed by atoms with E-state index >= 15 is 0 Å². The highest BCUT2D eigenvalue weighted by molar-refractivity contribution is 5.87. The van der Waals surface area contributed by atoms with Gasteiger partial charge in [-0.2, -0.15) is 0 Å². The van der Waals surface area contributed by atoms with Gasteiger partial charge in [0.25, 0.3) is 0 Å². The van der Waals surface area contributed by atoms with Crippen molar-refractivity contribution in [1.29, 1.82) is 0 Å². The van der Waals surface area contributed by atoms with Crippen LogP contribution in [0.3, 0.4) is 0 Å². The number of carbonyl (C=O) groups excluding carboxylic acids is 1. The Balaban J connectivity index is 1.88. The molecule has 120 valence electrons. The van der Waals surface area contributed by atoms with Crippen molar-refractivity contribution in [3.63, 3.8) is 0 Å². The minimum atomic E-state index is -0.969. The van der Waals surface area contributed by atoms with Crippen molar-refractivity contribution in [2.45, 2.75) is 38.9 Å². The number of carboxylic acids is 1. The number of likely N-dealkylation sites (tertiary alicyclic amines) is 1. The van der Waals surface area contributed by atoms with Gasteiger partial charge in [-0.05, 0) is 45.0 Å². The van der Waals surface area contributed by atoms with Gasteiger partial charge in [0, 0.05) is 13.0 Å².